The van der Waals surface area contributed by atoms with Crippen molar-refractivity contribution in [3.8, 4) is 0 Å². The van der Waals surface area contributed by atoms with Crippen LogP contribution in [0.3, 0.4) is 0 Å². The van der Waals surface area contributed by atoms with Crippen LogP contribution in [0.4, 0.5) is 4.79 Å². The van der Waals surface area contributed by atoms with E-state index in [0.29, 0.717) is 37.1 Å². The Hall–Kier alpha value is -1.89. The summed E-state index contributed by atoms with van der Waals surface area (Å²) in [5, 5.41) is 2.99. The van der Waals surface area contributed by atoms with E-state index in [1.54, 1.807) is 0 Å². The molecule has 0 aromatic heterocycles. The van der Waals surface area contributed by atoms with Crippen LogP contribution < -0.4 is 5.32 Å². The van der Waals surface area contributed by atoms with E-state index in [0.717, 1.165) is 36.1 Å². The van der Waals surface area contributed by atoms with Gasteiger partial charge >= 0.3 is 6.09 Å². The number of alkyl carbamates (subject to hydrolysis) is 1. The Morgan fingerprint density at radius 1 is 0.872 bits per heavy atom. The third-order valence-corrected chi connectivity index (χ3v) is 8.36. The Labute approximate surface area is 236 Å². The number of ether oxygens (including phenoxy) is 4. The number of allylic oxidation sites excluding steroid dienone is 1. The predicted octanol–water partition coefficient (Wildman–Crippen LogP) is 7.69. The lowest BCUT2D eigenvalue weighted by molar-refractivity contribution is 0.133. The molecule has 1 aromatic rings. The molecule has 5 atom stereocenters. The number of unbranched alkanes of at least 4 members (excludes halogenated alkanes) is 11. The van der Waals surface area contributed by atoms with Gasteiger partial charge in [0.05, 0.1) is 24.9 Å². The van der Waals surface area contributed by atoms with E-state index in [4.69, 9.17) is 18.9 Å². The Morgan fingerprint density at radius 3 is 2.00 bits per heavy atom. The lowest BCUT2D eigenvalue weighted by Gasteiger charge is -2.26. The van der Waals surface area contributed by atoms with Gasteiger partial charge in [-0.25, -0.2) is 4.79 Å². The largest absolute Gasteiger partial charge is 0.450 e. The smallest absolute Gasteiger partial charge is 0.407 e. The maximum Gasteiger partial charge on any atom is 0.407 e. The molecule has 3 saturated heterocycles. The molecule has 6 heteroatoms. The van der Waals surface area contributed by atoms with Crippen LogP contribution in [0.1, 0.15) is 115 Å². The lowest BCUT2D eigenvalue weighted by Crippen LogP contribution is -2.41. The average Bonchev–Trinajstić information content (AvgIpc) is 3.76. The van der Waals surface area contributed by atoms with Crippen molar-refractivity contribution < 1.29 is 23.7 Å². The SMILES string of the molecule is C=C(C)c1ccc(C(C)(C)NC(=O)OCCCCCCCCCCCCCCC2OC2C2OC2[C@H]2CO2)cc1. The van der Waals surface area contributed by atoms with Crippen molar-refractivity contribution in [3.63, 3.8) is 0 Å². The summed E-state index contributed by atoms with van der Waals surface area (Å²) in [7, 11) is 0. The molecule has 0 spiro atoms. The summed E-state index contributed by atoms with van der Waals surface area (Å²) in [6.07, 6.45) is 17.9. The van der Waals surface area contributed by atoms with Crippen LogP contribution in [0.5, 0.6) is 0 Å². The monoisotopic (exact) mass is 541 g/mol. The van der Waals surface area contributed by atoms with E-state index < -0.39 is 5.54 Å². The van der Waals surface area contributed by atoms with Gasteiger partial charge in [0, 0.05) is 0 Å². The molecule has 3 fully saturated rings. The van der Waals surface area contributed by atoms with Crippen LogP contribution in [0, 0.1) is 0 Å². The minimum absolute atomic E-state index is 0.330. The lowest BCUT2D eigenvalue weighted by atomic mass is 9.93. The molecule has 1 aromatic carbocycles. The summed E-state index contributed by atoms with van der Waals surface area (Å²) >= 11 is 0. The maximum absolute atomic E-state index is 12.3. The molecule has 6 nitrogen and oxygen atoms in total. The summed E-state index contributed by atoms with van der Waals surface area (Å²) in [5.74, 6) is 0. The molecule has 1 amide bonds. The number of carbonyl (C=O) groups excluding carboxylic acids is 1. The number of benzene rings is 1. The van der Waals surface area contributed by atoms with E-state index in [1.807, 2.05) is 45.0 Å². The van der Waals surface area contributed by atoms with Gasteiger partial charge in [-0.2, -0.15) is 0 Å². The minimum Gasteiger partial charge on any atom is -0.450 e. The fourth-order valence-electron chi connectivity index (χ4n) is 5.54. The maximum atomic E-state index is 12.3. The van der Waals surface area contributed by atoms with E-state index in [2.05, 4.69) is 11.9 Å². The van der Waals surface area contributed by atoms with Crippen molar-refractivity contribution in [1.29, 1.82) is 0 Å². The summed E-state index contributed by atoms with van der Waals surface area (Å²) in [4.78, 5) is 12.3. The highest BCUT2D eigenvalue weighted by atomic mass is 16.7. The van der Waals surface area contributed by atoms with Crippen LogP contribution in [-0.2, 0) is 24.5 Å². The second-order valence-electron chi connectivity index (χ2n) is 12.4. The first-order chi connectivity index (χ1) is 18.8. The van der Waals surface area contributed by atoms with Crippen molar-refractivity contribution in [1.82, 2.24) is 5.32 Å². The highest BCUT2D eigenvalue weighted by molar-refractivity contribution is 5.68. The molecule has 1 N–H and O–H groups in total. The third kappa shape index (κ3) is 10.2. The summed E-state index contributed by atoms with van der Waals surface area (Å²) in [6, 6.07) is 8.16. The highest BCUT2D eigenvalue weighted by Gasteiger charge is 2.61. The molecule has 4 unspecified atom stereocenters. The Bertz CT molecular complexity index is 909. The van der Waals surface area contributed by atoms with Gasteiger partial charge in [0.2, 0.25) is 0 Å². The molecule has 218 valence electrons. The van der Waals surface area contributed by atoms with Gasteiger partial charge in [-0.1, -0.05) is 107 Å². The first-order valence-corrected chi connectivity index (χ1v) is 15.5. The first kappa shape index (κ1) is 30.1. The molecule has 39 heavy (non-hydrogen) atoms. The zero-order valence-electron chi connectivity index (χ0n) is 24.6. The molecule has 3 heterocycles. The van der Waals surface area contributed by atoms with Crippen molar-refractivity contribution in [2.45, 2.75) is 140 Å². The van der Waals surface area contributed by atoms with Crippen molar-refractivity contribution in [2.75, 3.05) is 13.2 Å². The zero-order chi connectivity index (χ0) is 27.7. The topological polar surface area (TPSA) is 75.9 Å². The quantitative estimate of drug-likeness (QED) is 0.135. The second-order valence-corrected chi connectivity index (χ2v) is 12.4. The van der Waals surface area contributed by atoms with Gasteiger partial charge < -0.3 is 24.3 Å². The summed E-state index contributed by atoms with van der Waals surface area (Å²) in [6.45, 7) is 11.3. The molecular weight excluding hydrogens is 490 g/mol. The molecular formula is C33H51NO5. The number of carbonyl (C=O) groups is 1. The molecule has 4 rings (SSSR count). The van der Waals surface area contributed by atoms with Crippen molar-refractivity contribution in [3.05, 3.63) is 42.0 Å². The number of amides is 1. The number of nitrogens with one attached hydrogen (secondary N) is 1. The molecule has 0 saturated carbocycles. The predicted molar refractivity (Wildman–Crippen MR) is 156 cm³/mol. The molecule has 0 radical (unpaired) electrons. The van der Waals surface area contributed by atoms with Gasteiger partial charge in [0.15, 0.2) is 0 Å². The van der Waals surface area contributed by atoms with Crippen LogP contribution in [0.15, 0.2) is 30.8 Å². The Kier molecular flexibility index (Phi) is 11.3. The second kappa shape index (κ2) is 14.7. The average molecular weight is 542 g/mol. The standard InChI is InChI=1S/C33H51NO5/c1-24(2)25-18-20-26(21-19-25)33(3,4)34-32(35)36-22-16-14-12-10-8-6-5-7-9-11-13-15-17-27-29(38-27)31-30(39-31)28-23-37-28/h18-21,27-31H,1,5-17,22-23H2,2-4H3,(H,34,35)/t27?,28-,29?,30?,31?/m1/s1. The Morgan fingerprint density at radius 2 is 1.44 bits per heavy atom. The molecule has 0 bridgehead atoms. The van der Waals surface area contributed by atoms with E-state index in [-0.39, 0.29) is 6.09 Å². The van der Waals surface area contributed by atoms with Gasteiger partial charge in [-0.15, -0.1) is 0 Å². The van der Waals surface area contributed by atoms with Gasteiger partial charge in [-0.05, 0) is 44.7 Å². The summed E-state index contributed by atoms with van der Waals surface area (Å²) < 4.78 is 22.2. The number of hydrogen-bond acceptors (Lipinski definition) is 5. The van der Waals surface area contributed by atoms with Crippen LogP contribution in [0.2, 0.25) is 0 Å². The third-order valence-electron chi connectivity index (χ3n) is 8.36. The van der Waals surface area contributed by atoms with Crippen LogP contribution >= 0.6 is 0 Å². The highest BCUT2D eigenvalue weighted by Crippen LogP contribution is 2.44. The summed E-state index contributed by atoms with van der Waals surface area (Å²) in [5.41, 5.74) is 2.70. The fourth-order valence-corrected chi connectivity index (χ4v) is 5.54. The minimum atomic E-state index is -0.485. The zero-order valence-corrected chi connectivity index (χ0v) is 24.6. The normalized spacial score (nSPS) is 25.3. The van der Waals surface area contributed by atoms with Gasteiger partial charge in [0.1, 0.15) is 24.4 Å². The molecule has 0 aliphatic carbocycles. The van der Waals surface area contributed by atoms with Crippen molar-refractivity contribution in [2.24, 2.45) is 0 Å². The van der Waals surface area contributed by atoms with Crippen LogP contribution in [-0.4, -0.2) is 49.8 Å². The van der Waals surface area contributed by atoms with E-state index in [1.165, 1.54) is 70.6 Å². The van der Waals surface area contributed by atoms with Gasteiger partial charge in [0.25, 0.3) is 0 Å². The number of hydrogen-bond donors (Lipinski definition) is 1. The number of epoxide rings is 3. The van der Waals surface area contributed by atoms with E-state index in [9.17, 15) is 4.79 Å². The number of rotatable bonds is 20. The molecule has 3 aliphatic rings. The van der Waals surface area contributed by atoms with E-state index >= 15 is 0 Å². The Balaban J connectivity index is 0.884. The van der Waals surface area contributed by atoms with Crippen molar-refractivity contribution >= 4 is 11.7 Å². The molecule has 3 aliphatic heterocycles. The fraction of sp³-hybridized carbons (Fsp3) is 0.727. The van der Waals surface area contributed by atoms with Gasteiger partial charge in [-0.3, -0.25) is 0 Å². The van der Waals surface area contributed by atoms with Crippen LogP contribution in [0.25, 0.3) is 5.57 Å². The first-order valence-electron chi connectivity index (χ1n) is 15.5.